The number of aromatic nitrogens is 4. The molecular weight excluding hydrogens is 777 g/mol. The summed E-state index contributed by atoms with van der Waals surface area (Å²) in [5, 5.41) is 4.74. The van der Waals surface area contributed by atoms with E-state index in [0.29, 0.717) is 5.82 Å². The molecule has 64 heavy (non-hydrogen) atoms. The van der Waals surface area contributed by atoms with Gasteiger partial charge in [-0.1, -0.05) is 187 Å². The fraction of sp³-hybridized carbons (Fsp3) is 0. The molecule has 13 rings (SSSR count). The zero-order valence-corrected chi connectivity index (χ0v) is 34.8. The summed E-state index contributed by atoms with van der Waals surface area (Å²) in [6.07, 6.45) is 0. The van der Waals surface area contributed by atoms with Crippen LogP contribution in [0.5, 0.6) is 0 Å². The summed E-state index contributed by atoms with van der Waals surface area (Å²) in [6, 6.07) is 82.7. The standard InChI is InChI=1S/C58H38BN5/c1-2-21-41(22-3-1)59-49-30-11-4-24-43(49)44-25-10-17-36-55(44)64(59)54-35-16-5-23-42(54)39-19-18-20-40(37-39)58-60-56(62-50-31-12-6-26-45(50)46-27-7-13-32-51(46)62)38-57(61-58)63-52-33-14-8-28-47(52)48-29-9-15-34-53(48)63/h1-38H. The van der Waals surface area contributed by atoms with Crippen molar-refractivity contribution in [2.45, 2.75) is 0 Å². The molecule has 0 N–H and O–H groups in total. The quantitative estimate of drug-likeness (QED) is 0.157. The number of anilines is 2. The Morgan fingerprint density at radius 2 is 0.766 bits per heavy atom. The molecule has 0 atom stereocenters. The second-order valence-electron chi connectivity index (χ2n) is 16.5. The molecule has 0 saturated heterocycles. The Morgan fingerprint density at radius 3 is 1.34 bits per heavy atom. The molecule has 9 aromatic carbocycles. The first kappa shape index (κ1) is 36.2. The Hall–Kier alpha value is -8.48. The van der Waals surface area contributed by atoms with Gasteiger partial charge in [0.25, 0.3) is 0 Å². The van der Waals surface area contributed by atoms with E-state index in [1.165, 1.54) is 49.3 Å². The van der Waals surface area contributed by atoms with Gasteiger partial charge in [0.05, 0.1) is 22.1 Å². The highest BCUT2D eigenvalue weighted by Gasteiger charge is 2.37. The minimum Gasteiger partial charge on any atom is -0.376 e. The second kappa shape index (κ2) is 14.6. The van der Waals surface area contributed by atoms with E-state index in [2.05, 4.69) is 244 Å². The molecule has 3 aromatic heterocycles. The topological polar surface area (TPSA) is 38.9 Å². The van der Waals surface area contributed by atoms with E-state index >= 15 is 0 Å². The predicted molar refractivity (Wildman–Crippen MR) is 267 cm³/mol. The highest BCUT2D eigenvalue weighted by Crippen LogP contribution is 2.44. The minimum atomic E-state index is -0.0448. The fourth-order valence-corrected chi connectivity index (χ4v) is 10.3. The molecule has 0 fully saturated rings. The smallest absolute Gasteiger partial charge is 0.328 e. The van der Waals surface area contributed by atoms with Gasteiger partial charge < -0.3 is 4.81 Å². The zero-order valence-electron chi connectivity index (χ0n) is 34.8. The maximum absolute atomic E-state index is 5.50. The summed E-state index contributed by atoms with van der Waals surface area (Å²) in [5.41, 5.74) is 14.8. The molecular formula is C58H38BN5. The van der Waals surface area contributed by atoms with E-state index in [-0.39, 0.29) is 6.85 Å². The number of para-hydroxylation sites is 6. The van der Waals surface area contributed by atoms with Gasteiger partial charge in [-0.2, -0.15) is 0 Å². The molecule has 298 valence electrons. The Labute approximate surface area is 370 Å². The maximum atomic E-state index is 5.50. The Bertz CT molecular complexity index is 3530. The highest BCUT2D eigenvalue weighted by molar-refractivity contribution is 6.91. The molecule has 1 aliphatic rings. The van der Waals surface area contributed by atoms with E-state index < -0.39 is 0 Å². The largest absolute Gasteiger partial charge is 0.376 e. The van der Waals surface area contributed by atoms with Gasteiger partial charge in [0, 0.05) is 55.7 Å². The third kappa shape index (κ3) is 5.59. The molecule has 0 aliphatic carbocycles. The van der Waals surface area contributed by atoms with Gasteiger partial charge in [-0.05, 0) is 59.1 Å². The average Bonchev–Trinajstić information content (AvgIpc) is 3.89. The molecule has 5 nitrogen and oxygen atoms in total. The van der Waals surface area contributed by atoms with Crippen molar-refractivity contribution in [3.05, 3.63) is 231 Å². The fourth-order valence-electron chi connectivity index (χ4n) is 10.3. The molecule has 0 unspecified atom stereocenters. The van der Waals surface area contributed by atoms with Crippen LogP contribution in [-0.4, -0.2) is 25.9 Å². The minimum absolute atomic E-state index is 0.0448. The Morgan fingerprint density at radius 1 is 0.328 bits per heavy atom. The van der Waals surface area contributed by atoms with Crippen LogP contribution in [-0.2, 0) is 0 Å². The first-order valence-electron chi connectivity index (χ1n) is 21.9. The second-order valence-corrected chi connectivity index (χ2v) is 16.5. The Balaban J connectivity index is 1.03. The van der Waals surface area contributed by atoms with Gasteiger partial charge in [-0.3, -0.25) is 9.13 Å². The van der Waals surface area contributed by atoms with Gasteiger partial charge in [-0.15, -0.1) is 0 Å². The van der Waals surface area contributed by atoms with E-state index in [1.54, 1.807) is 0 Å². The van der Waals surface area contributed by atoms with Crippen LogP contribution in [0.3, 0.4) is 0 Å². The maximum Gasteiger partial charge on any atom is 0.328 e. The lowest BCUT2D eigenvalue weighted by molar-refractivity contribution is 0.994. The number of hydrogen-bond acceptors (Lipinski definition) is 3. The zero-order chi connectivity index (χ0) is 42.1. The molecule has 0 saturated carbocycles. The molecule has 1 aliphatic heterocycles. The van der Waals surface area contributed by atoms with Crippen molar-refractivity contribution in [3.63, 3.8) is 0 Å². The third-order valence-electron chi connectivity index (χ3n) is 13.0. The predicted octanol–water partition coefficient (Wildman–Crippen LogP) is 12.9. The van der Waals surface area contributed by atoms with Crippen molar-refractivity contribution in [1.29, 1.82) is 0 Å². The van der Waals surface area contributed by atoms with Crippen molar-refractivity contribution >= 4 is 72.8 Å². The van der Waals surface area contributed by atoms with Crippen LogP contribution in [0.2, 0.25) is 0 Å². The molecule has 0 spiro atoms. The van der Waals surface area contributed by atoms with Gasteiger partial charge in [0.2, 0.25) is 0 Å². The number of rotatable bonds is 6. The number of hydrogen-bond donors (Lipinski definition) is 0. The van der Waals surface area contributed by atoms with Crippen molar-refractivity contribution in [2.75, 3.05) is 4.81 Å². The summed E-state index contributed by atoms with van der Waals surface area (Å²) in [5.74, 6) is 2.26. The highest BCUT2D eigenvalue weighted by atomic mass is 15.1. The van der Waals surface area contributed by atoms with Crippen LogP contribution in [0.4, 0.5) is 11.4 Å². The van der Waals surface area contributed by atoms with Gasteiger partial charge >= 0.3 is 6.85 Å². The first-order chi connectivity index (χ1) is 31.8. The molecule has 0 amide bonds. The summed E-state index contributed by atoms with van der Waals surface area (Å²) in [6.45, 7) is -0.0448. The van der Waals surface area contributed by atoms with Crippen LogP contribution in [0.1, 0.15) is 0 Å². The Kier molecular flexibility index (Phi) is 8.24. The van der Waals surface area contributed by atoms with Crippen LogP contribution >= 0.6 is 0 Å². The summed E-state index contributed by atoms with van der Waals surface area (Å²) in [4.78, 5) is 13.5. The van der Waals surface area contributed by atoms with Crippen molar-refractivity contribution < 1.29 is 0 Å². The molecule has 12 aromatic rings. The van der Waals surface area contributed by atoms with Gasteiger partial charge in [-0.25, -0.2) is 9.97 Å². The lowest BCUT2D eigenvalue weighted by atomic mass is 9.45. The van der Waals surface area contributed by atoms with E-state index in [1.807, 2.05) is 0 Å². The summed E-state index contributed by atoms with van der Waals surface area (Å²) < 4.78 is 4.59. The van der Waals surface area contributed by atoms with Crippen LogP contribution in [0.25, 0.3) is 88.9 Å². The third-order valence-corrected chi connectivity index (χ3v) is 13.0. The number of benzene rings is 9. The molecule has 0 bridgehead atoms. The lowest BCUT2D eigenvalue weighted by Crippen LogP contribution is -2.57. The van der Waals surface area contributed by atoms with Crippen LogP contribution in [0.15, 0.2) is 231 Å². The van der Waals surface area contributed by atoms with Crippen molar-refractivity contribution in [3.8, 4) is 45.3 Å². The molecule has 4 heterocycles. The summed E-state index contributed by atoms with van der Waals surface area (Å²) in [7, 11) is 0. The normalized spacial score (nSPS) is 12.3. The number of fused-ring (bicyclic) bond motifs is 9. The number of nitrogens with zero attached hydrogens (tertiary/aromatic N) is 5. The van der Waals surface area contributed by atoms with Gasteiger partial charge in [0.15, 0.2) is 5.82 Å². The van der Waals surface area contributed by atoms with Gasteiger partial charge in [0.1, 0.15) is 11.6 Å². The first-order valence-corrected chi connectivity index (χ1v) is 21.9. The van der Waals surface area contributed by atoms with E-state index in [0.717, 1.165) is 56.1 Å². The van der Waals surface area contributed by atoms with Crippen molar-refractivity contribution in [1.82, 2.24) is 19.1 Å². The SMILES string of the molecule is c1ccc(B2c3ccccc3-c3ccccc3N2c2ccccc2-c2cccc(-c3nc(-n4c5ccccc5c5ccccc54)cc(-n4c5ccccc5c5ccccc54)n3)c2)cc1. The molecule has 6 heteroatoms. The molecule has 0 radical (unpaired) electrons. The van der Waals surface area contributed by atoms with Crippen molar-refractivity contribution in [2.24, 2.45) is 0 Å². The average molecular weight is 816 g/mol. The summed E-state index contributed by atoms with van der Waals surface area (Å²) >= 11 is 0. The monoisotopic (exact) mass is 815 g/mol. The lowest BCUT2D eigenvalue weighted by Gasteiger charge is -2.39. The van der Waals surface area contributed by atoms with Crippen LogP contribution < -0.4 is 15.7 Å². The van der Waals surface area contributed by atoms with E-state index in [9.17, 15) is 0 Å². The van der Waals surface area contributed by atoms with Crippen LogP contribution in [0, 0.1) is 0 Å². The van der Waals surface area contributed by atoms with E-state index in [4.69, 9.17) is 9.97 Å².